The lowest BCUT2D eigenvalue weighted by molar-refractivity contribution is 0.102. The Labute approximate surface area is 160 Å². The molecule has 0 bridgehead atoms. The minimum Gasteiger partial charge on any atom is -0.497 e. The Morgan fingerprint density at radius 3 is 2.58 bits per heavy atom. The molecule has 0 unspecified atom stereocenters. The maximum absolute atomic E-state index is 12.5. The maximum Gasteiger partial charge on any atom is 0.257 e. The second-order valence-electron chi connectivity index (χ2n) is 5.40. The third kappa shape index (κ3) is 4.45. The summed E-state index contributed by atoms with van der Waals surface area (Å²) in [7, 11) is 1.57. The van der Waals surface area contributed by atoms with Crippen molar-refractivity contribution in [2.24, 2.45) is 0 Å². The molecule has 7 heteroatoms. The first-order valence-electron chi connectivity index (χ1n) is 7.67. The van der Waals surface area contributed by atoms with E-state index < -0.39 is 0 Å². The second kappa shape index (κ2) is 8.08. The van der Waals surface area contributed by atoms with E-state index in [0.29, 0.717) is 32.7 Å². The van der Waals surface area contributed by atoms with Gasteiger partial charge in [0.25, 0.3) is 5.91 Å². The topological polar surface area (TPSA) is 63.2 Å². The van der Waals surface area contributed by atoms with Crippen molar-refractivity contribution in [3.8, 4) is 5.75 Å². The minimum absolute atomic E-state index is 0.274. The van der Waals surface area contributed by atoms with E-state index in [1.54, 1.807) is 61.8 Å². The first kappa shape index (κ1) is 18.0. The lowest BCUT2D eigenvalue weighted by atomic mass is 10.2. The number of ether oxygens (including phenoxy) is 1. The zero-order chi connectivity index (χ0) is 18.5. The zero-order valence-electron chi connectivity index (χ0n) is 13.8. The Kier molecular flexibility index (Phi) is 5.61. The van der Waals surface area contributed by atoms with Crippen LogP contribution in [-0.4, -0.2) is 18.0 Å². The number of aromatic nitrogens is 1. The molecule has 0 fully saturated rings. The first-order valence-corrected chi connectivity index (χ1v) is 8.43. The van der Waals surface area contributed by atoms with E-state index >= 15 is 0 Å². The smallest absolute Gasteiger partial charge is 0.257 e. The summed E-state index contributed by atoms with van der Waals surface area (Å²) >= 11 is 11.9. The van der Waals surface area contributed by atoms with Gasteiger partial charge in [-0.1, -0.05) is 29.3 Å². The molecule has 3 rings (SSSR count). The average Bonchev–Trinajstić information content (AvgIpc) is 2.65. The molecule has 0 aliphatic rings. The predicted molar refractivity (Wildman–Crippen MR) is 105 cm³/mol. The van der Waals surface area contributed by atoms with Crippen molar-refractivity contribution in [1.82, 2.24) is 4.98 Å². The summed E-state index contributed by atoms with van der Waals surface area (Å²) in [6, 6.07) is 14.0. The van der Waals surface area contributed by atoms with Crippen LogP contribution in [0.2, 0.25) is 10.0 Å². The molecule has 0 atom stereocenters. The molecule has 0 saturated carbocycles. The Bertz CT molecular complexity index is 948. The number of hydrogen-bond donors (Lipinski definition) is 2. The van der Waals surface area contributed by atoms with E-state index in [1.165, 1.54) is 6.20 Å². The Hall–Kier alpha value is -2.76. The van der Waals surface area contributed by atoms with Crippen molar-refractivity contribution in [3.05, 3.63) is 76.5 Å². The summed E-state index contributed by atoms with van der Waals surface area (Å²) in [6.07, 6.45) is 3.11. The monoisotopic (exact) mass is 387 g/mol. The van der Waals surface area contributed by atoms with Crippen molar-refractivity contribution in [1.29, 1.82) is 0 Å². The van der Waals surface area contributed by atoms with Gasteiger partial charge in [-0.2, -0.15) is 0 Å². The summed E-state index contributed by atoms with van der Waals surface area (Å²) in [4.78, 5) is 16.6. The van der Waals surface area contributed by atoms with E-state index in [0.717, 1.165) is 5.69 Å². The van der Waals surface area contributed by atoms with Crippen molar-refractivity contribution < 1.29 is 9.53 Å². The predicted octanol–water partition coefficient (Wildman–Crippen LogP) is 5.39. The van der Waals surface area contributed by atoms with Crippen LogP contribution in [0, 0.1) is 0 Å². The second-order valence-corrected chi connectivity index (χ2v) is 6.22. The number of nitrogens with zero attached hydrogens (tertiary/aromatic N) is 1. The number of nitrogens with one attached hydrogen (secondary N) is 2. The molecule has 0 spiro atoms. The van der Waals surface area contributed by atoms with Crippen LogP contribution >= 0.6 is 23.2 Å². The fourth-order valence-corrected chi connectivity index (χ4v) is 2.58. The number of carbonyl (C=O) groups excluding carboxylic acids is 1. The summed E-state index contributed by atoms with van der Waals surface area (Å²) in [6.45, 7) is 0. The third-order valence-electron chi connectivity index (χ3n) is 3.54. The molecule has 1 amide bonds. The van der Waals surface area contributed by atoms with E-state index in [-0.39, 0.29) is 5.91 Å². The number of rotatable bonds is 5. The highest BCUT2D eigenvalue weighted by molar-refractivity contribution is 6.42. The van der Waals surface area contributed by atoms with Crippen molar-refractivity contribution in [2.75, 3.05) is 17.7 Å². The van der Waals surface area contributed by atoms with Gasteiger partial charge in [0.1, 0.15) is 5.75 Å². The molecule has 0 aliphatic heterocycles. The number of amides is 1. The molecular formula is C19H15Cl2N3O2. The third-order valence-corrected chi connectivity index (χ3v) is 4.28. The molecule has 26 heavy (non-hydrogen) atoms. The number of benzene rings is 2. The van der Waals surface area contributed by atoms with E-state index in [9.17, 15) is 4.79 Å². The van der Waals surface area contributed by atoms with Gasteiger partial charge in [-0.05, 0) is 36.4 Å². The Morgan fingerprint density at radius 1 is 0.962 bits per heavy atom. The summed E-state index contributed by atoms with van der Waals surface area (Å²) in [5.74, 6) is 0.388. The molecular weight excluding hydrogens is 373 g/mol. The van der Waals surface area contributed by atoms with Crippen molar-refractivity contribution >= 4 is 46.2 Å². The van der Waals surface area contributed by atoms with E-state index in [4.69, 9.17) is 27.9 Å². The normalized spacial score (nSPS) is 10.3. The SMILES string of the molecule is COc1cccc(NC(=O)c2cncc(Nc3ccc(Cl)c(Cl)c3)c2)c1. The average molecular weight is 388 g/mol. The fourth-order valence-electron chi connectivity index (χ4n) is 2.28. The van der Waals surface area contributed by atoms with Crippen LogP contribution in [0.5, 0.6) is 5.75 Å². The number of methoxy groups -OCH3 is 1. The molecule has 5 nitrogen and oxygen atoms in total. The van der Waals surface area contributed by atoms with Crippen LogP contribution < -0.4 is 15.4 Å². The fraction of sp³-hybridized carbons (Fsp3) is 0.0526. The number of pyridine rings is 1. The standard InChI is InChI=1S/C19H15Cl2N3O2/c1-26-16-4-2-3-13(8-16)24-19(25)12-7-15(11-22-10-12)23-14-5-6-17(20)18(21)9-14/h2-11,23H,1H3,(H,24,25). The van der Waals surface area contributed by atoms with Crippen LogP contribution in [0.4, 0.5) is 17.1 Å². The summed E-state index contributed by atoms with van der Waals surface area (Å²) < 4.78 is 5.15. The highest BCUT2D eigenvalue weighted by Gasteiger charge is 2.09. The van der Waals surface area contributed by atoms with Crippen LogP contribution in [0.15, 0.2) is 60.9 Å². The van der Waals surface area contributed by atoms with E-state index in [2.05, 4.69) is 15.6 Å². The van der Waals surface area contributed by atoms with Gasteiger partial charge < -0.3 is 15.4 Å². The number of carbonyl (C=O) groups is 1. The van der Waals surface area contributed by atoms with Gasteiger partial charge in [0, 0.05) is 23.6 Å². The molecule has 1 heterocycles. The van der Waals surface area contributed by atoms with Gasteiger partial charge in [0.15, 0.2) is 0 Å². The van der Waals surface area contributed by atoms with Gasteiger partial charge in [-0.25, -0.2) is 0 Å². The number of anilines is 3. The molecule has 1 aromatic heterocycles. The maximum atomic E-state index is 12.5. The molecule has 0 radical (unpaired) electrons. The molecule has 2 N–H and O–H groups in total. The van der Waals surface area contributed by atoms with Gasteiger partial charge in [-0.3, -0.25) is 9.78 Å². The van der Waals surface area contributed by atoms with Gasteiger partial charge in [-0.15, -0.1) is 0 Å². The quantitative estimate of drug-likeness (QED) is 0.615. The highest BCUT2D eigenvalue weighted by atomic mass is 35.5. The van der Waals surface area contributed by atoms with Crippen LogP contribution in [0.25, 0.3) is 0 Å². The summed E-state index contributed by atoms with van der Waals surface area (Å²) in [5, 5.41) is 6.87. The Balaban J connectivity index is 1.75. The zero-order valence-corrected chi connectivity index (χ0v) is 15.3. The minimum atomic E-state index is -0.274. The Morgan fingerprint density at radius 2 is 1.81 bits per heavy atom. The highest BCUT2D eigenvalue weighted by Crippen LogP contribution is 2.27. The van der Waals surface area contributed by atoms with Crippen LogP contribution in [-0.2, 0) is 0 Å². The van der Waals surface area contributed by atoms with Crippen LogP contribution in [0.1, 0.15) is 10.4 Å². The lowest BCUT2D eigenvalue weighted by Gasteiger charge is -2.10. The van der Waals surface area contributed by atoms with Gasteiger partial charge in [0.2, 0.25) is 0 Å². The number of hydrogen-bond acceptors (Lipinski definition) is 4. The summed E-state index contributed by atoms with van der Waals surface area (Å²) in [5.41, 5.74) is 2.45. The molecule has 3 aromatic rings. The van der Waals surface area contributed by atoms with Crippen molar-refractivity contribution in [3.63, 3.8) is 0 Å². The van der Waals surface area contributed by atoms with E-state index in [1.807, 2.05) is 0 Å². The van der Waals surface area contributed by atoms with Gasteiger partial charge in [0.05, 0.1) is 34.6 Å². The largest absolute Gasteiger partial charge is 0.497 e. The van der Waals surface area contributed by atoms with Crippen LogP contribution in [0.3, 0.4) is 0 Å². The molecule has 0 saturated heterocycles. The molecule has 0 aliphatic carbocycles. The first-order chi connectivity index (χ1) is 12.5. The van der Waals surface area contributed by atoms with Gasteiger partial charge >= 0.3 is 0 Å². The van der Waals surface area contributed by atoms with Crippen molar-refractivity contribution in [2.45, 2.75) is 0 Å². The number of halogens is 2. The molecule has 2 aromatic carbocycles. The lowest BCUT2D eigenvalue weighted by Crippen LogP contribution is -2.12. The molecule has 132 valence electrons.